The first kappa shape index (κ1) is 22.1. The molecule has 0 spiro atoms. The molecule has 0 bridgehead atoms. The van der Waals surface area contributed by atoms with Crippen molar-refractivity contribution in [1.82, 2.24) is 19.8 Å². The summed E-state index contributed by atoms with van der Waals surface area (Å²) in [5.41, 5.74) is 2.15. The van der Waals surface area contributed by atoms with E-state index in [1.807, 2.05) is 49.7 Å². The van der Waals surface area contributed by atoms with Gasteiger partial charge in [-0.1, -0.05) is 49.2 Å². The number of imidazole rings is 1. The van der Waals surface area contributed by atoms with Crippen LogP contribution in [0, 0.1) is 5.92 Å². The number of halogens is 2. The van der Waals surface area contributed by atoms with Gasteiger partial charge in [-0.2, -0.15) is 0 Å². The number of amides is 2. The van der Waals surface area contributed by atoms with Crippen molar-refractivity contribution in [1.29, 1.82) is 0 Å². The van der Waals surface area contributed by atoms with Gasteiger partial charge in [0.25, 0.3) is 5.91 Å². The van der Waals surface area contributed by atoms with Crippen LogP contribution in [0.1, 0.15) is 30.0 Å². The van der Waals surface area contributed by atoms with E-state index in [1.54, 1.807) is 24.1 Å². The number of aryl methyl sites for hydroxylation is 1. The summed E-state index contributed by atoms with van der Waals surface area (Å²) in [6, 6.07) is 11.7. The number of carbonyl (C=O) groups is 2. The van der Waals surface area contributed by atoms with Gasteiger partial charge in [-0.3, -0.25) is 9.59 Å². The van der Waals surface area contributed by atoms with Crippen molar-refractivity contribution in [3.8, 4) is 0 Å². The fourth-order valence-corrected chi connectivity index (χ4v) is 3.76. The van der Waals surface area contributed by atoms with Gasteiger partial charge >= 0.3 is 0 Å². The van der Waals surface area contributed by atoms with Gasteiger partial charge in [0.15, 0.2) is 0 Å². The van der Waals surface area contributed by atoms with Gasteiger partial charge in [0, 0.05) is 19.1 Å². The van der Waals surface area contributed by atoms with E-state index in [0.29, 0.717) is 11.6 Å². The Labute approximate surface area is 185 Å². The highest BCUT2D eigenvalue weighted by Gasteiger charge is 2.28. The molecule has 6 nitrogen and oxygen atoms in total. The second-order valence-electron chi connectivity index (χ2n) is 7.59. The zero-order valence-corrected chi connectivity index (χ0v) is 18.8. The van der Waals surface area contributed by atoms with Crippen molar-refractivity contribution in [2.45, 2.75) is 26.4 Å². The molecule has 0 fully saturated rings. The third kappa shape index (κ3) is 4.60. The van der Waals surface area contributed by atoms with E-state index < -0.39 is 11.9 Å². The van der Waals surface area contributed by atoms with Crippen molar-refractivity contribution >= 4 is 46.0 Å². The maximum atomic E-state index is 13.1. The fourth-order valence-electron chi connectivity index (χ4n) is 3.27. The predicted octanol–water partition coefficient (Wildman–Crippen LogP) is 4.29. The molecule has 0 aliphatic rings. The number of likely N-dealkylation sites (N-methyl/N-ethyl adjacent to an activating group) is 1. The minimum absolute atomic E-state index is 0.115. The Morgan fingerprint density at radius 2 is 1.87 bits per heavy atom. The van der Waals surface area contributed by atoms with Crippen LogP contribution in [0.25, 0.3) is 11.0 Å². The largest absolute Gasteiger partial charge is 0.340 e. The molecule has 1 unspecified atom stereocenters. The summed E-state index contributed by atoms with van der Waals surface area (Å²) in [4.78, 5) is 32.1. The molecule has 0 aliphatic heterocycles. The summed E-state index contributed by atoms with van der Waals surface area (Å²) in [5, 5.41) is 3.49. The lowest BCUT2D eigenvalue weighted by Gasteiger charge is -2.27. The summed E-state index contributed by atoms with van der Waals surface area (Å²) >= 11 is 12.0. The smallest absolute Gasteiger partial charge is 0.253 e. The second-order valence-corrected chi connectivity index (χ2v) is 8.43. The van der Waals surface area contributed by atoms with Crippen LogP contribution in [0.4, 0.5) is 0 Å². The molecule has 0 saturated carbocycles. The van der Waals surface area contributed by atoms with Crippen LogP contribution in [0.3, 0.4) is 0 Å². The maximum absolute atomic E-state index is 13.1. The minimum atomic E-state index is -0.705. The number of para-hydroxylation sites is 2. The average Bonchev–Trinajstić information content (AvgIpc) is 3.00. The number of fused-ring (bicyclic) bond motifs is 1. The first-order chi connectivity index (χ1) is 14.2. The zero-order valence-electron chi connectivity index (χ0n) is 17.3. The van der Waals surface area contributed by atoms with Crippen LogP contribution in [-0.2, 0) is 18.4 Å². The van der Waals surface area contributed by atoms with Crippen LogP contribution in [0.2, 0.25) is 10.0 Å². The van der Waals surface area contributed by atoms with Gasteiger partial charge in [-0.05, 0) is 36.2 Å². The van der Waals surface area contributed by atoms with Crippen LogP contribution in [-0.4, -0.2) is 39.4 Å². The molecular formula is C22H24Cl2N4O2. The molecule has 1 heterocycles. The first-order valence-electron chi connectivity index (χ1n) is 9.60. The van der Waals surface area contributed by atoms with E-state index in [2.05, 4.69) is 10.3 Å². The summed E-state index contributed by atoms with van der Waals surface area (Å²) < 4.78 is 1.97. The fraction of sp³-hybridized carbons (Fsp3) is 0.318. The molecule has 1 N–H and O–H groups in total. The molecule has 1 atom stereocenters. The number of aromatic nitrogens is 2. The second kappa shape index (κ2) is 9.06. The van der Waals surface area contributed by atoms with Crippen molar-refractivity contribution in [3.05, 3.63) is 63.9 Å². The van der Waals surface area contributed by atoms with Crippen molar-refractivity contribution < 1.29 is 9.59 Å². The number of benzene rings is 2. The third-order valence-electron chi connectivity index (χ3n) is 5.03. The van der Waals surface area contributed by atoms with Gasteiger partial charge in [0.05, 0.1) is 28.2 Å². The quantitative estimate of drug-likeness (QED) is 0.613. The summed E-state index contributed by atoms with van der Waals surface area (Å²) in [7, 11) is 3.63. The Balaban J connectivity index is 1.77. The Hall–Kier alpha value is -2.57. The van der Waals surface area contributed by atoms with E-state index in [-0.39, 0.29) is 22.4 Å². The Bertz CT molecular complexity index is 1090. The van der Waals surface area contributed by atoms with E-state index in [4.69, 9.17) is 23.2 Å². The number of carbonyl (C=O) groups excluding carboxylic acids is 2. The highest BCUT2D eigenvalue weighted by Crippen LogP contribution is 2.22. The van der Waals surface area contributed by atoms with Crippen molar-refractivity contribution in [2.24, 2.45) is 13.0 Å². The molecule has 0 radical (unpaired) electrons. The molecule has 2 aromatic carbocycles. The van der Waals surface area contributed by atoms with E-state index >= 15 is 0 Å². The number of hydrogen-bond acceptors (Lipinski definition) is 3. The lowest BCUT2D eigenvalue weighted by molar-refractivity contribution is -0.133. The first-order valence-corrected chi connectivity index (χ1v) is 10.4. The predicted molar refractivity (Wildman–Crippen MR) is 120 cm³/mol. The number of nitrogens with zero attached hydrogens (tertiary/aromatic N) is 3. The van der Waals surface area contributed by atoms with E-state index in [9.17, 15) is 9.59 Å². The van der Waals surface area contributed by atoms with Crippen LogP contribution >= 0.6 is 23.2 Å². The lowest BCUT2D eigenvalue weighted by Crippen LogP contribution is -2.50. The Morgan fingerprint density at radius 1 is 1.17 bits per heavy atom. The van der Waals surface area contributed by atoms with Gasteiger partial charge in [-0.15, -0.1) is 0 Å². The van der Waals surface area contributed by atoms with Gasteiger partial charge in [-0.25, -0.2) is 4.98 Å². The molecule has 30 heavy (non-hydrogen) atoms. The molecule has 158 valence electrons. The van der Waals surface area contributed by atoms with Crippen LogP contribution in [0.15, 0.2) is 42.5 Å². The summed E-state index contributed by atoms with van der Waals surface area (Å²) in [6.45, 7) is 4.09. The molecule has 3 rings (SSSR count). The zero-order chi connectivity index (χ0) is 22.0. The number of rotatable bonds is 6. The monoisotopic (exact) mass is 446 g/mol. The van der Waals surface area contributed by atoms with Crippen LogP contribution < -0.4 is 5.32 Å². The van der Waals surface area contributed by atoms with Gasteiger partial charge < -0.3 is 14.8 Å². The highest BCUT2D eigenvalue weighted by molar-refractivity contribution is 6.36. The third-order valence-corrected chi connectivity index (χ3v) is 5.58. The molecule has 1 aromatic heterocycles. The topological polar surface area (TPSA) is 67.2 Å². The molecule has 0 aliphatic carbocycles. The minimum Gasteiger partial charge on any atom is -0.340 e. The molecule has 0 saturated heterocycles. The molecule has 3 aromatic rings. The molecule has 2 amide bonds. The average molecular weight is 447 g/mol. The number of nitrogens with one attached hydrogen (secondary N) is 1. The highest BCUT2D eigenvalue weighted by atomic mass is 35.5. The SMILES string of the molecule is CC(C)C(NC(=O)c1ccc(Cl)cc1Cl)C(=O)N(C)Cc1nc2ccccc2n1C. The van der Waals surface area contributed by atoms with Crippen LogP contribution in [0.5, 0.6) is 0 Å². The lowest BCUT2D eigenvalue weighted by atomic mass is 10.0. The van der Waals surface area contributed by atoms with E-state index in [0.717, 1.165) is 16.9 Å². The van der Waals surface area contributed by atoms with Gasteiger partial charge in [0.2, 0.25) is 5.91 Å². The molecule has 8 heteroatoms. The normalized spacial score (nSPS) is 12.2. The standard InChI is InChI=1S/C22H24Cl2N4O2/c1-13(2)20(26-21(29)15-10-9-14(23)11-16(15)24)22(30)27(3)12-19-25-17-7-5-6-8-18(17)28(19)4/h5-11,13,20H,12H2,1-4H3,(H,26,29). The summed E-state index contributed by atoms with van der Waals surface area (Å²) in [5.74, 6) is 0.0346. The Morgan fingerprint density at radius 3 is 2.50 bits per heavy atom. The van der Waals surface area contributed by atoms with Crippen molar-refractivity contribution in [2.75, 3.05) is 7.05 Å². The van der Waals surface area contributed by atoms with Gasteiger partial charge in [0.1, 0.15) is 11.9 Å². The Kier molecular flexibility index (Phi) is 6.68. The van der Waals surface area contributed by atoms with E-state index in [1.165, 1.54) is 6.07 Å². The van der Waals surface area contributed by atoms with Crippen molar-refractivity contribution in [3.63, 3.8) is 0 Å². The summed E-state index contributed by atoms with van der Waals surface area (Å²) in [6.07, 6.45) is 0. The number of hydrogen-bond donors (Lipinski definition) is 1. The maximum Gasteiger partial charge on any atom is 0.253 e. The molecular weight excluding hydrogens is 423 g/mol.